The Kier molecular flexibility index (Phi) is 4.92. The fourth-order valence-electron chi connectivity index (χ4n) is 2.71. The fraction of sp³-hybridized carbons (Fsp3) is 0.250. The number of alkyl halides is 4. The average Bonchev–Trinajstić information content (AvgIpc) is 2.90. The van der Waals surface area contributed by atoms with Crippen molar-refractivity contribution in [2.75, 3.05) is 0 Å². The van der Waals surface area contributed by atoms with E-state index in [0.29, 0.717) is 0 Å². The van der Waals surface area contributed by atoms with Gasteiger partial charge in [0.05, 0.1) is 0 Å². The summed E-state index contributed by atoms with van der Waals surface area (Å²) < 4.78 is 78.5. The summed E-state index contributed by atoms with van der Waals surface area (Å²) in [6.45, 7) is 1.21. The van der Waals surface area contributed by atoms with Gasteiger partial charge >= 0.3 is 162 Å². The number of fused-ring (bicyclic) bond motifs is 1. The molecule has 3 rings (SSSR count). The molecule has 1 aromatic carbocycles. The van der Waals surface area contributed by atoms with Gasteiger partial charge < -0.3 is 0 Å². The van der Waals surface area contributed by atoms with Crippen LogP contribution in [-0.4, -0.2) is 42.0 Å². The van der Waals surface area contributed by atoms with Gasteiger partial charge in [0.15, 0.2) is 0 Å². The van der Waals surface area contributed by atoms with Crippen LogP contribution in [0.3, 0.4) is 0 Å². The van der Waals surface area contributed by atoms with E-state index in [1.165, 1.54) is 43.3 Å². The topological polar surface area (TPSA) is 39.1 Å². The van der Waals surface area contributed by atoms with Crippen molar-refractivity contribution in [2.45, 2.75) is 21.6 Å². The van der Waals surface area contributed by atoms with Gasteiger partial charge in [-0.25, -0.2) is 0 Å². The molecule has 10 heteroatoms. The van der Waals surface area contributed by atoms with Crippen molar-refractivity contribution in [1.82, 2.24) is 3.97 Å². The molecule has 1 aliphatic rings. The normalized spacial score (nSPS) is 24.1. The van der Waals surface area contributed by atoms with Crippen molar-refractivity contribution in [3.8, 4) is 0 Å². The molecule has 0 saturated carbocycles. The predicted molar refractivity (Wildman–Crippen MR) is 97.1 cm³/mol. The zero-order chi connectivity index (χ0) is 19.3. The average molecular weight is 517 g/mol. The van der Waals surface area contributed by atoms with Crippen molar-refractivity contribution < 1.29 is 26.0 Å². The summed E-state index contributed by atoms with van der Waals surface area (Å²) >= 11 is 1.24. The van der Waals surface area contributed by atoms with Crippen LogP contribution in [0.2, 0.25) is 0 Å². The molecule has 2 atom stereocenters. The van der Waals surface area contributed by atoms with Crippen molar-refractivity contribution >= 4 is 56.3 Å². The first-order valence-electron chi connectivity index (χ1n) is 7.28. The van der Waals surface area contributed by atoms with E-state index in [9.17, 15) is 26.0 Å². The molecule has 0 fully saturated rings. The molecule has 3 nitrogen and oxygen atoms in total. The molecule has 2 aromatic rings. The van der Waals surface area contributed by atoms with E-state index in [0.717, 1.165) is 16.2 Å². The minimum absolute atomic E-state index is 0.0944. The van der Waals surface area contributed by atoms with Crippen LogP contribution < -0.4 is 4.46 Å². The molecule has 1 aromatic heterocycles. The van der Waals surface area contributed by atoms with E-state index in [1.54, 1.807) is 0 Å². The Balaban J connectivity index is 2.25. The number of halogens is 5. The van der Waals surface area contributed by atoms with Crippen LogP contribution in [0.4, 0.5) is 17.6 Å². The van der Waals surface area contributed by atoms with E-state index in [4.69, 9.17) is 0 Å². The van der Waals surface area contributed by atoms with E-state index in [-0.39, 0.29) is 15.4 Å². The molecule has 0 aliphatic heterocycles. The van der Waals surface area contributed by atoms with Gasteiger partial charge in [-0.05, 0) is 0 Å². The Morgan fingerprint density at radius 1 is 1.27 bits per heavy atom. The summed E-state index contributed by atoms with van der Waals surface area (Å²) in [6.07, 6.45) is 4.87. The zero-order valence-corrected chi connectivity index (χ0v) is 17.3. The molecule has 1 aliphatic carbocycles. The SMILES string of the molecule is CC1(S(=O)(=O)n2cc([Se]C(F)(F)F)c3ccccc32)C(F)=CC=CC1Br. The Morgan fingerprint density at radius 2 is 1.92 bits per heavy atom. The molecule has 0 spiro atoms. The van der Waals surface area contributed by atoms with Crippen molar-refractivity contribution in [2.24, 2.45) is 0 Å². The van der Waals surface area contributed by atoms with Crippen molar-refractivity contribution in [1.29, 1.82) is 0 Å². The number of benzene rings is 1. The summed E-state index contributed by atoms with van der Waals surface area (Å²) in [5.41, 5.74) is 0.0944. The third-order valence-corrected chi connectivity index (χ3v) is 9.68. The Hall–Kier alpha value is -1.09. The first-order valence-corrected chi connectivity index (χ1v) is 11.3. The third-order valence-electron chi connectivity index (χ3n) is 4.19. The zero-order valence-electron chi connectivity index (χ0n) is 13.2. The van der Waals surface area contributed by atoms with Crippen LogP contribution in [0, 0.1) is 0 Å². The van der Waals surface area contributed by atoms with Gasteiger partial charge in [0.1, 0.15) is 0 Å². The molecule has 26 heavy (non-hydrogen) atoms. The molecule has 2 unspecified atom stereocenters. The van der Waals surface area contributed by atoms with Crippen LogP contribution in [0.5, 0.6) is 0 Å². The quantitative estimate of drug-likeness (QED) is 0.355. The Labute approximate surface area is 162 Å². The van der Waals surface area contributed by atoms with Crippen LogP contribution >= 0.6 is 15.9 Å². The van der Waals surface area contributed by atoms with Crippen molar-refractivity contribution in [3.05, 3.63) is 54.5 Å². The number of nitrogens with zero attached hydrogens (tertiary/aromatic N) is 1. The van der Waals surface area contributed by atoms with Crippen LogP contribution in [0.25, 0.3) is 10.9 Å². The number of para-hydroxylation sites is 1. The second kappa shape index (κ2) is 6.51. The first-order chi connectivity index (χ1) is 12.0. The molecular weight excluding hydrogens is 505 g/mol. The monoisotopic (exact) mass is 517 g/mol. The van der Waals surface area contributed by atoms with Gasteiger partial charge in [0.25, 0.3) is 0 Å². The van der Waals surface area contributed by atoms with Crippen molar-refractivity contribution in [3.63, 3.8) is 0 Å². The summed E-state index contributed by atoms with van der Waals surface area (Å²) in [6, 6.07) is 5.91. The van der Waals surface area contributed by atoms with E-state index in [2.05, 4.69) is 15.9 Å². The maximum atomic E-state index is 14.6. The van der Waals surface area contributed by atoms with Crippen LogP contribution in [0.15, 0.2) is 54.5 Å². The summed E-state index contributed by atoms with van der Waals surface area (Å²) in [7, 11) is -4.40. The molecule has 140 valence electrons. The summed E-state index contributed by atoms with van der Waals surface area (Å²) in [5.74, 6) is -0.887. The predicted octanol–water partition coefficient (Wildman–Crippen LogP) is 3.61. The number of aromatic nitrogens is 1. The maximum absolute atomic E-state index is 14.6. The fourth-order valence-corrected chi connectivity index (χ4v) is 7.16. The van der Waals surface area contributed by atoms with E-state index >= 15 is 0 Å². The third kappa shape index (κ3) is 3.06. The minimum atomic E-state index is -4.44. The van der Waals surface area contributed by atoms with Gasteiger partial charge in [0, 0.05) is 0 Å². The molecule has 0 radical (unpaired) electrons. The van der Waals surface area contributed by atoms with Gasteiger partial charge in [-0.2, -0.15) is 0 Å². The van der Waals surface area contributed by atoms with Gasteiger partial charge in [0.2, 0.25) is 0 Å². The second-order valence-corrected chi connectivity index (χ2v) is 11.3. The Morgan fingerprint density at radius 3 is 2.54 bits per heavy atom. The standard InChI is InChI=1S/C16H12BrF4NO2SSe/c1-15(13(17)7-4-8-14(15)18)25(23,24)22-9-12(26-16(19,20)21)10-5-2-3-6-11(10)22/h2-9,13H,1H3. The second-order valence-electron chi connectivity index (χ2n) is 5.77. The number of hydrogen-bond donors (Lipinski definition) is 0. The number of rotatable bonds is 3. The van der Waals surface area contributed by atoms with Crippen LogP contribution in [-0.2, 0) is 10.0 Å². The first kappa shape index (κ1) is 19.7. The summed E-state index contributed by atoms with van der Waals surface area (Å²) in [4.78, 5) is -0.872. The number of hydrogen-bond acceptors (Lipinski definition) is 2. The molecular formula is C16H12BrF4NO2SSe. The van der Waals surface area contributed by atoms with Gasteiger partial charge in [-0.1, -0.05) is 0 Å². The van der Waals surface area contributed by atoms with Gasteiger partial charge in [-0.3, -0.25) is 0 Å². The Bertz CT molecular complexity index is 1030. The molecule has 0 N–H and O–H groups in total. The molecule has 0 amide bonds. The van der Waals surface area contributed by atoms with E-state index < -0.39 is 45.5 Å². The number of allylic oxidation sites excluding steroid dienone is 3. The molecule has 1 heterocycles. The van der Waals surface area contributed by atoms with Crippen LogP contribution in [0.1, 0.15) is 6.92 Å². The summed E-state index contributed by atoms with van der Waals surface area (Å²) in [5, 5.41) is -4.24. The molecule has 0 bridgehead atoms. The van der Waals surface area contributed by atoms with E-state index in [1.807, 2.05) is 0 Å². The molecule has 0 saturated heterocycles. The van der Waals surface area contributed by atoms with Gasteiger partial charge in [-0.15, -0.1) is 0 Å².